The molecule has 0 amide bonds. The van der Waals surface area contributed by atoms with Gasteiger partial charge in [0.25, 0.3) is 0 Å². The van der Waals surface area contributed by atoms with E-state index in [-0.39, 0.29) is 0 Å². The van der Waals surface area contributed by atoms with E-state index >= 15 is 0 Å². The van der Waals surface area contributed by atoms with Crippen LogP contribution in [0.5, 0.6) is 0 Å². The van der Waals surface area contributed by atoms with E-state index in [9.17, 15) is 0 Å². The highest BCUT2D eigenvalue weighted by Gasteiger charge is 2.17. The molecule has 0 aliphatic rings. The highest BCUT2D eigenvalue weighted by molar-refractivity contribution is 4.71. The summed E-state index contributed by atoms with van der Waals surface area (Å²) in [4.78, 5) is 2.68. The van der Waals surface area contributed by atoms with Crippen LogP contribution in [-0.2, 0) is 0 Å². The van der Waals surface area contributed by atoms with Gasteiger partial charge in [-0.1, -0.05) is 53.9 Å². The largest absolute Gasteiger partial charge is 0.301 e. The Kier molecular flexibility index (Phi) is 9.91. The molecular weight excluding hydrogens is 206 g/mol. The third-order valence-corrected chi connectivity index (χ3v) is 3.88. The summed E-state index contributed by atoms with van der Waals surface area (Å²) in [6.45, 7) is 16.5. The van der Waals surface area contributed by atoms with E-state index in [1.807, 2.05) is 0 Å². The Morgan fingerprint density at radius 3 is 2.06 bits per heavy atom. The van der Waals surface area contributed by atoms with Gasteiger partial charge in [-0.15, -0.1) is 0 Å². The quantitative estimate of drug-likeness (QED) is 0.522. The van der Waals surface area contributed by atoms with Crippen molar-refractivity contribution in [3.8, 4) is 0 Å². The summed E-state index contributed by atoms with van der Waals surface area (Å²) in [6, 6.07) is 0.746. The van der Waals surface area contributed by atoms with Crippen LogP contribution in [0, 0.1) is 11.8 Å². The molecule has 2 unspecified atom stereocenters. The molecule has 0 N–H and O–H groups in total. The minimum Gasteiger partial charge on any atom is -0.301 e. The molecule has 0 aliphatic carbocycles. The lowest BCUT2D eigenvalue weighted by Crippen LogP contribution is -2.37. The van der Waals surface area contributed by atoms with E-state index < -0.39 is 0 Å². The third kappa shape index (κ3) is 7.81. The predicted molar refractivity (Wildman–Crippen MR) is 79.5 cm³/mol. The van der Waals surface area contributed by atoms with Gasteiger partial charge in [0.15, 0.2) is 0 Å². The second-order valence-corrected chi connectivity index (χ2v) is 5.98. The van der Waals surface area contributed by atoms with Crippen LogP contribution in [0.15, 0.2) is 0 Å². The maximum absolute atomic E-state index is 2.68. The van der Waals surface area contributed by atoms with Crippen molar-refractivity contribution in [1.29, 1.82) is 0 Å². The van der Waals surface area contributed by atoms with Crippen molar-refractivity contribution in [1.82, 2.24) is 4.90 Å². The fraction of sp³-hybridized carbons (Fsp3) is 1.00. The fourth-order valence-electron chi connectivity index (χ4n) is 2.70. The van der Waals surface area contributed by atoms with Crippen LogP contribution in [0.25, 0.3) is 0 Å². The SMILES string of the molecule is CCCCC(CC)CN(CC)C(C)CC(C)C. The first kappa shape index (κ1) is 17.0. The molecule has 2 atom stereocenters. The lowest BCUT2D eigenvalue weighted by Gasteiger charge is -2.32. The minimum atomic E-state index is 0.746. The second kappa shape index (κ2) is 9.94. The Labute approximate surface area is 110 Å². The summed E-state index contributed by atoms with van der Waals surface area (Å²) in [5.74, 6) is 1.72. The van der Waals surface area contributed by atoms with Crippen LogP contribution < -0.4 is 0 Å². The van der Waals surface area contributed by atoms with Crippen molar-refractivity contribution in [2.75, 3.05) is 13.1 Å². The highest BCUT2D eigenvalue weighted by Crippen LogP contribution is 2.18. The Balaban J connectivity index is 4.15. The Hall–Kier alpha value is -0.0400. The molecule has 0 spiro atoms. The molecule has 0 saturated carbocycles. The lowest BCUT2D eigenvalue weighted by molar-refractivity contribution is 0.160. The molecule has 0 fully saturated rings. The van der Waals surface area contributed by atoms with E-state index in [1.165, 1.54) is 45.2 Å². The van der Waals surface area contributed by atoms with Crippen molar-refractivity contribution in [2.24, 2.45) is 11.8 Å². The zero-order valence-electron chi connectivity index (χ0n) is 13.1. The third-order valence-electron chi connectivity index (χ3n) is 3.88. The minimum absolute atomic E-state index is 0.746. The van der Waals surface area contributed by atoms with E-state index in [1.54, 1.807) is 0 Å². The number of unbranched alkanes of at least 4 members (excludes halogenated alkanes) is 1. The van der Waals surface area contributed by atoms with Crippen molar-refractivity contribution in [2.45, 2.75) is 79.7 Å². The second-order valence-electron chi connectivity index (χ2n) is 5.98. The van der Waals surface area contributed by atoms with Gasteiger partial charge in [0.1, 0.15) is 0 Å². The molecule has 0 aromatic carbocycles. The van der Waals surface area contributed by atoms with Gasteiger partial charge in [-0.3, -0.25) is 0 Å². The summed E-state index contributed by atoms with van der Waals surface area (Å²) in [5.41, 5.74) is 0. The molecule has 0 aromatic rings. The van der Waals surface area contributed by atoms with Crippen molar-refractivity contribution in [3.63, 3.8) is 0 Å². The molecule has 0 saturated heterocycles. The average molecular weight is 241 g/mol. The predicted octanol–water partition coefficient (Wildman–Crippen LogP) is 4.96. The van der Waals surface area contributed by atoms with Gasteiger partial charge in [0.2, 0.25) is 0 Å². The smallest absolute Gasteiger partial charge is 0.00693 e. The van der Waals surface area contributed by atoms with Gasteiger partial charge >= 0.3 is 0 Å². The molecule has 0 aliphatic heterocycles. The molecule has 0 aromatic heterocycles. The van der Waals surface area contributed by atoms with Crippen LogP contribution in [0.4, 0.5) is 0 Å². The average Bonchev–Trinajstić information content (AvgIpc) is 2.28. The fourth-order valence-corrected chi connectivity index (χ4v) is 2.70. The van der Waals surface area contributed by atoms with Gasteiger partial charge in [-0.2, -0.15) is 0 Å². The lowest BCUT2D eigenvalue weighted by atomic mass is 9.96. The number of hydrogen-bond acceptors (Lipinski definition) is 1. The van der Waals surface area contributed by atoms with E-state index in [0.29, 0.717) is 0 Å². The standard InChI is InChI=1S/C16H35N/c1-7-10-11-16(8-2)13-17(9-3)15(6)12-14(4)5/h14-16H,7-13H2,1-6H3. The van der Waals surface area contributed by atoms with Crippen LogP contribution in [0.1, 0.15) is 73.6 Å². The normalized spacial score (nSPS) is 15.5. The van der Waals surface area contributed by atoms with Crippen LogP contribution in [0.2, 0.25) is 0 Å². The van der Waals surface area contributed by atoms with Gasteiger partial charge in [-0.05, 0) is 38.1 Å². The Morgan fingerprint density at radius 2 is 1.65 bits per heavy atom. The number of nitrogens with zero attached hydrogens (tertiary/aromatic N) is 1. The van der Waals surface area contributed by atoms with Crippen molar-refractivity contribution in [3.05, 3.63) is 0 Å². The Morgan fingerprint density at radius 1 is 1.00 bits per heavy atom. The summed E-state index contributed by atoms with van der Waals surface area (Å²) < 4.78 is 0. The van der Waals surface area contributed by atoms with Crippen molar-refractivity contribution >= 4 is 0 Å². The van der Waals surface area contributed by atoms with E-state index in [2.05, 4.69) is 46.4 Å². The topological polar surface area (TPSA) is 3.24 Å². The molecule has 0 bridgehead atoms. The van der Waals surface area contributed by atoms with Crippen LogP contribution in [-0.4, -0.2) is 24.0 Å². The molecule has 1 nitrogen and oxygen atoms in total. The molecule has 0 rings (SSSR count). The first-order chi connectivity index (χ1) is 8.04. The monoisotopic (exact) mass is 241 g/mol. The summed E-state index contributed by atoms with van der Waals surface area (Å²) in [6.07, 6.45) is 6.82. The highest BCUT2D eigenvalue weighted by atomic mass is 15.1. The van der Waals surface area contributed by atoms with Crippen LogP contribution in [0.3, 0.4) is 0 Å². The molecule has 17 heavy (non-hydrogen) atoms. The first-order valence-corrected chi connectivity index (χ1v) is 7.79. The van der Waals surface area contributed by atoms with Gasteiger partial charge in [0.05, 0.1) is 0 Å². The van der Waals surface area contributed by atoms with Crippen LogP contribution >= 0.6 is 0 Å². The van der Waals surface area contributed by atoms with Gasteiger partial charge in [-0.25, -0.2) is 0 Å². The zero-order valence-corrected chi connectivity index (χ0v) is 13.1. The molecular formula is C16H35N. The Bertz CT molecular complexity index is 165. The first-order valence-electron chi connectivity index (χ1n) is 7.79. The van der Waals surface area contributed by atoms with Gasteiger partial charge in [0, 0.05) is 12.6 Å². The molecule has 104 valence electrons. The summed E-state index contributed by atoms with van der Waals surface area (Å²) in [5, 5.41) is 0. The molecule has 0 radical (unpaired) electrons. The van der Waals surface area contributed by atoms with Gasteiger partial charge < -0.3 is 4.90 Å². The van der Waals surface area contributed by atoms with E-state index in [0.717, 1.165) is 17.9 Å². The maximum atomic E-state index is 2.68. The maximum Gasteiger partial charge on any atom is 0.00693 e. The van der Waals surface area contributed by atoms with Crippen molar-refractivity contribution < 1.29 is 0 Å². The summed E-state index contributed by atoms with van der Waals surface area (Å²) in [7, 11) is 0. The van der Waals surface area contributed by atoms with E-state index in [4.69, 9.17) is 0 Å². The molecule has 0 heterocycles. The summed E-state index contributed by atoms with van der Waals surface area (Å²) >= 11 is 0. The number of hydrogen-bond donors (Lipinski definition) is 0. The number of rotatable bonds is 10. The molecule has 1 heteroatoms. The zero-order chi connectivity index (χ0) is 13.3.